The summed E-state index contributed by atoms with van der Waals surface area (Å²) in [6, 6.07) is 12.4. The number of H-pyrrole nitrogens is 1. The zero-order valence-electron chi connectivity index (χ0n) is 16.8. The number of hydrogen-bond donors (Lipinski definition) is 3. The smallest absolute Gasteiger partial charge is 0.295 e. The zero-order valence-corrected chi connectivity index (χ0v) is 17.5. The van der Waals surface area contributed by atoms with Gasteiger partial charge in [0.1, 0.15) is 18.3 Å². The lowest BCUT2D eigenvalue weighted by molar-refractivity contribution is 0.00706. The average Bonchev–Trinajstić information content (AvgIpc) is 3.12. The fourth-order valence-electron chi connectivity index (χ4n) is 4.67. The van der Waals surface area contributed by atoms with E-state index in [2.05, 4.69) is 22.1 Å². The second-order valence-electron chi connectivity index (χ2n) is 8.73. The first-order valence-electron chi connectivity index (χ1n) is 10.6. The fraction of sp³-hybridized carbons (Fsp3) is 0.435. The van der Waals surface area contributed by atoms with E-state index in [1.165, 1.54) is 5.56 Å². The van der Waals surface area contributed by atoms with E-state index in [4.69, 9.17) is 25.8 Å². The van der Waals surface area contributed by atoms with Gasteiger partial charge in [-0.3, -0.25) is 0 Å². The summed E-state index contributed by atoms with van der Waals surface area (Å²) in [7, 11) is 0. The molecule has 3 aliphatic rings. The van der Waals surface area contributed by atoms with Crippen LogP contribution in [0.1, 0.15) is 18.4 Å². The minimum atomic E-state index is -0.616. The minimum absolute atomic E-state index is 0.0517. The van der Waals surface area contributed by atoms with Crippen molar-refractivity contribution in [1.29, 1.82) is 0 Å². The number of benzene rings is 2. The SMILES string of the molecule is OCC1(c2ccc(-c3cc4[nH]c(O[C@@H]5CO[C@H]6[C@@H]5OC[C@H]6O)nc4cc3Cl)cc2)CC1. The van der Waals surface area contributed by atoms with Gasteiger partial charge in [0.2, 0.25) is 0 Å². The van der Waals surface area contributed by atoms with E-state index in [0.29, 0.717) is 23.2 Å². The van der Waals surface area contributed by atoms with Crippen LogP contribution in [0.5, 0.6) is 6.01 Å². The Morgan fingerprint density at radius 3 is 2.65 bits per heavy atom. The number of aromatic amines is 1. The first kappa shape index (κ1) is 19.5. The van der Waals surface area contributed by atoms with Crippen molar-refractivity contribution in [2.45, 2.75) is 42.7 Å². The van der Waals surface area contributed by atoms with E-state index in [0.717, 1.165) is 29.5 Å². The lowest BCUT2D eigenvalue weighted by Crippen LogP contribution is -2.34. The summed E-state index contributed by atoms with van der Waals surface area (Å²) in [5.41, 5.74) is 4.54. The Morgan fingerprint density at radius 2 is 1.90 bits per heavy atom. The summed E-state index contributed by atoms with van der Waals surface area (Å²) in [5.74, 6) is 0. The first-order valence-corrected chi connectivity index (χ1v) is 10.9. The molecule has 3 aromatic rings. The molecule has 0 bridgehead atoms. The molecule has 162 valence electrons. The largest absolute Gasteiger partial charge is 0.456 e. The van der Waals surface area contributed by atoms with E-state index in [1.807, 2.05) is 24.3 Å². The highest BCUT2D eigenvalue weighted by atomic mass is 35.5. The molecular formula is C23H23ClN2O5. The summed E-state index contributed by atoms with van der Waals surface area (Å²) in [5, 5.41) is 20.1. The Hall–Kier alpha value is -2.16. The zero-order chi connectivity index (χ0) is 21.2. The van der Waals surface area contributed by atoms with Gasteiger partial charge in [-0.25, -0.2) is 0 Å². The van der Waals surface area contributed by atoms with Gasteiger partial charge in [0.25, 0.3) is 6.01 Å². The number of ether oxygens (including phenoxy) is 3. The molecule has 0 spiro atoms. The van der Waals surface area contributed by atoms with Crippen molar-refractivity contribution in [3.05, 3.63) is 47.0 Å². The number of nitrogens with zero attached hydrogens (tertiary/aromatic N) is 1. The van der Waals surface area contributed by atoms with Crippen molar-refractivity contribution in [3.8, 4) is 17.1 Å². The van der Waals surface area contributed by atoms with E-state index in [9.17, 15) is 10.2 Å². The lowest BCUT2D eigenvalue weighted by atomic mass is 9.94. The predicted octanol–water partition coefficient (Wildman–Crippen LogP) is 2.81. The molecule has 1 aromatic heterocycles. The third-order valence-electron chi connectivity index (χ3n) is 6.76. The normalized spacial score (nSPS) is 28.7. The third-order valence-corrected chi connectivity index (χ3v) is 7.07. The fourth-order valence-corrected chi connectivity index (χ4v) is 4.93. The van der Waals surface area contributed by atoms with Gasteiger partial charge in [0.05, 0.1) is 35.9 Å². The number of halogens is 1. The molecule has 7 nitrogen and oxygen atoms in total. The summed E-state index contributed by atoms with van der Waals surface area (Å²) in [4.78, 5) is 7.71. The molecule has 0 radical (unpaired) electrons. The van der Waals surface area contributed by atoms with Crippen LogP contribution in [-0.4, -0.2) is 64.4 Å². The van der Waals surface area contributed by atoms with Gasteiger partial charge in [-0.15, -0.1) is 0 Å². The molecule has 3 fully saturated rings. The quantitative estimate of drug-likeness (QED) is 0.562. The van der Waals surface area contributed by atoms with Crippen LogP contribution in [0.25, 0.3) is 22.2 Å². The summed E-state index contributed by atoms with van der Waals surface area (Å²) in [6.45, 7) is 0.789. The van der Waals surface area contributed by atoms with Crippen LogP contribution in [-0.2, 0) is 14.9 Å². The van der Waals surface area contributed by atoms with E-state index in [-0.39, 0.29) is 36.9 Å². The molecule has 2 aromatic carbocycles. The van der Waals surface area contributed by atoms with Gasteiger partial charge in [0.15, 0.2) is 6.10 Å². The summed E-state index contributed by atoms with van der Waals surface area (Å²) >= 11 is 6.57. The van der Waals surface area contributed by atoms with E-state index in [1.54, 1.807) is 0 Å². The molecular weight excluding hydrogens is 420 g/mol. The monoisotopic (exact) mass is 442 g/mol. The van der Waals surface area contributed by atoms with Gasteiger partial charge in [-0.05, 0) is 36.1 Å². The Balaban J connectivity index is 1.26. The Kier molecular flexibility index (Phi) is 4.52. The number of imidazole rings is 1. The molecule has 1 aliphatic carbocycles. The Morgan fingerprint density at radius 1 is 1.13 bits per heavy atom. The van der Waals surface area contributed by atoms with E-state index >= 15 is 0 Å². The van der Waals surface area contributed by atoms with Crippen molar-refractivity contribution < 1.29 is 24.4 Å². The maximum Gasteiger partial charge on any atom is 0.295 e. The van der Waals surface area contributed by atoms with Crippen LogP contribution < -0.4 is 4.74 Å². The highest BCUT2D eigenvalue weighted by Crippen LogP contribution is 2.48. The van der Waals surface area contributed by atoms with Crippen molar-refractivity contribution in [2.24, 2.45) is 0 Å². The van der Waals surface area contributed by atoms with Crippen LogP contribution in [0, 0.1) is 0 Å². The minimum Gasteiger partial charge on any atom is -0.456 e. The van der Waals surface area contributed by atoms with Gasteiger partial charge in [-0.2, -0.15) is 4.98 Å². The molecule has 2 aliphatic heterocycles. The predicted molar refractivity (Wildman–Crippen MR) is 114 cm³/mol. The first-order chi connectivity index (χ1) is 15.1. The highest BCUT2D eigenvalue weighted by molar-refractivity contribution is 6.34. The number of nitrogens with one attached hydrogen (secondary N) is 1. The Bertz CT molecular complexity index is 1130. The Labute approximate surface area is 183 Å². The number of aromatic nitrogens is 2. The topological polar surface area (TPSA) is 96.8 Å². The molecule has 8 heteroatoms. The van der Waals surface area contributed by atoms with Crippen LogP contribution in [0.15, 0.2) is 36.4 Å². The average molecular weight is 443 g/mol. The number of rotatable bonds is 5. The maximum absolute atomic E-state index is 9.89. The second kappa shape index (κ2) is 7.18. The summed E-state index contributed by atoms with van der Waals surface area (Å²) < 4.78 is 17.2. The van der Waals surface area contributed by atoms with Gasteiger partial charge >= 0.3 is 0 Å². The lowest BCUT2D eigenvalue weighted by Gasteiger charge is -2.15. The molecule has 4 atom stereocenters. The van der Waals surface area contributed by atoms with Crippen molar-refractivity contribution in [3.63, 3.8) is 0 Å². The molecule has 3 heterocycles. The number of hydrogen-bond acceptors (Lipinski definition) is 6. The summed E-state index contributed by atoms with van der Waals surface area (Å²) in [6.07, 6.45) is 0.475. The highest BCUT2D eigenvalue weighted by Gasteiger charge is 2.48. The molecule has 6 rings (SSSR count). The van der Waals surface area contributed by atoms with Crippen LogP contribution in [0.4, 0.5) is 0 Å². The van der Waals surface area contributed by atoms with Crippen molar-refractivity contribution in [1.82, 2.24) is 9.97 Å². The molecule has 2 saturated heterocycles. The van der Waals surface area contributed by atoms with Crippen molar-refractivity contribution in [2.75, 3.05) is 19.8 Å². The van der Waals surface area contributed by atoms with Crippen LogP contribution in [0.3, 0.4) is 0 Å². The molecule has 31 heavy (non-hydrogen) atoms. The van der Waals surface area contributed by atoms with Gasteiger partial charge < -0.3 is 29.4 Å². The third kappa shape index (κ3) is 3.23. The molecule has 1 saturated carbocycles. The number of aliphatic hydroxyl groups excluding tert-OH is 2. The standard InChI is InChI=1S/C23H23ClN2O5/c24-15-8-17-16(7-14(15)12-1-3-13(4-2-12)23(11-27)5-6-23)25-22(26-17)31-19-10-30-20-18(28)9-29-21(19)20/h1-4,7-8,18-21,27-28H,5-6,9-11H2,(H,25,26)/t18-,19-,20-,21-/m1/s1. The maximum atomic E-state index is 9.89. The number of fused-ring (bicyclic) bond motifs is 2. The second-order valence-corrected chi connectivity index (χ2v) is 9.13. The van der Waals surface area contributed by atoms with Crippen LogP contribution >= 0.6 is 11.6 Å². The van der Waals surface area contributed by atoms with E-state index < -0.39 is 6.10 Å². The van der Waals surface area contributed by atoms with Crippen molar-refractivity contribution >= 4 is 22.6 Å². The van der Waals surface area contributed by atoms with Gasteiger partial charge in [-0.1, -0.05) is 35.9 Å². The molecule has 0 unspecified atom stereocenters. The molecule has 3 N–H and O–H groups in total. The van der Waals surface area contributed by atoms with Crippen LogP contribution in [0.2, 0.25) is 5.02 Å². The molecule has 0 amide bonds. The number of aliphatic hydroxyl groups is 2. The van der Waals surface area contributed by atoms with Gasteiger partial charge in [0, 0.05) is 11.0 Å².